The fourth-order valence-corrected chi connectivity index (χ4v) is 4.57. The molecule has 1 saturated heterocycles. The van der Waals surface area contributed by atoms with Crippen LogP contribution in [0.15, 0.2) is 61.2 Å². The molecule has 0 spiro atoms. The summed E-state index contributed by atoms with van der Waals surface area (Å²) in [4.78, 5) is 11.2. The van der Waals surface area contributed by atoms with Crippen LogP contribution in [0.2, 0.25) is 5.02 Å². The highest BCUT2D eigenvalue weighted by molar-refractivity contribution is 6.32. The van der Waals surface area contributed by atoms with E-state index in [1.54, 1.807) is 12.5 Å². The molecule has 176 valence electrons. The van der Waals surface area contributed by atoms with Crippen molar-refractivity contribution in [1.29, 1.82) is 0 Å². The summed E-state index contributed by atoms with van der Waals surface area (Å²) in [6.45, 7) is 5.39. The van der Waals surface area contributed by atoms with Gasteiger partial charge in [-0.15, -0.1) is 0 Å². The Kier molecular flexibility index (Phi) is 6.62. The van der Waals surface area contributed by atoms with Crippen LogP contribution in [0.3, 0.4) is 0 Å². The second-order valence-corrected chi connectivity index (χ2v) is 9.19. The number of pyridine rings is 1. The standard InChI is InChI=1S/C25H28ClN7O/c1-17-13-32(10-8-22(17)27)14-18-7-11-33-24(18)25(29-16-30-33)31-19-5-6-23(21(26)12-19)34-15-20-4-2-3-9-28-20/h2-7,9,11-12,16-17,22H,8,10,13-15,27H2,1H3,(H,29,30,31)/t17-,22+/m1/s1. The van der Waals surface area contributed by atoms with Gasteiger partial charge in [0.25, 0.3) is 0 Å². The molecular formula is C25H28ClN7O. The molecule has 1 aliphatic heterocycles. The third-order valence-electron chi connectivity index (χ3n) is 6.28. The molecule has 4 aromatic rings. The fraction of sp³-hybridized carbons (Fsp3) is 0.320. The van der Waals surface area contributed by atoms with Gasteiger partial charge in [-0.1, -0.05) is 24.6 Å². The van der Waals surface area contributed by atoms with Crippen molar-refractivity contribution in [1.82, 2.24) is 24.5 Å². The first-order valence-electron chi connectivity index (χ1n) is 11.5. The third kappa shape index (κ3) is 4.99. The summed E-state index contributed by atoms with van der Waals surface area (Å²) in [5.41, 5.74) is 9.99. The lowest BCUT2D eigenvalue weighted by atomic mass is 9.94. The summed E-state index contributed by atoms with van der Waals surface area (Å²) in [5.74, 6) is 1.82. The van der Waals surface area contributed by atoms with Gasteiger partial charge in [0.2, 0.25) is 0 Å². The first-order chi connectivity index (χ1) is 16.6. The van der Waals surface area contributed by atoms with E-state index in [1.807, 2.05) is 47.1 Å². The number of halogens is 1. The van der Waals surface area contributed by atoms with E-state index in [2.05, 4.69) is 38.3 Å². The molecule has 0 radical (unpaired) electrons. The van der Waals surface area contributed by atoms with Crippen molar-refractivity contribution >= 4 is 28.6 Å². The van der Waals surface area contributed by atoms with Crippen molar-refractivity contribution < 1.29 is 4.74 Å². The summed E-state index contributed by atoms with van der Waals surface area (Å²) in [5, 5.41) is 8.30. The molecule has 5 rings (SSSR count). The predicted octanol–water partition coefficient (Wildman–Crippen LogP) is 4.27. The second-order valence-electron chi connectivity index (χ2n) is 8.79. The summed E-state index contributed by atoms with van der Waals surface area (Å²) in [6, 6.07) is 13.7. The molecule has 0 saturated carbocycles. The Balaban J connectivity index is 1.32. The molecule has 1 aromatic carbocycles. The predicted molar refractivity (Wildman–Crippen MR) is 133 cm³/mol. The highest BCUT2D eigenvalue weighted by Crippen LogP contribution is 2.31. The molecule has 0 aliphatic carbocycles. The minimum atomic E-state index is 0.281. The average Bonchev–Trinajstić information content (AvgIpc) is 3.25. The van der Waals surface area contributed by atoms with Gasteiger partial charge in [-0.3, -0.25) is 9.88 Å². The van der Waals surface area contributed by atoms with Crippen LogP contribution in [0.5, 0.6) is 5.75 Å². The topological polar surface area (TPSA) is 93.6 Å². The monoisotopic (exact) mass is 477 g/mol. The van der Waals surface area contributed by atoms with Gasteiger partial charge >= 0.3 is 0 Å². The molecule has 1 fully saturated rings. The van der Waals surface area contributed by atoms with Gasteiger partial charge in [-0.05, 0) is 60.8 Å². The van der Waals surface area contributed by atoms with Crippen LogP contribution in [0.1, 0.15) is 24.6 Å². The van der Waals surface area contributed by atoms with Crippen LogP contribution in [0.4, 0.5) is 11.5 Å². The molecule has 4 heterocycles. The van der Waals surface area contributed by atoms with E-state index in [0.29, 0.717) is 23.3 Å². The summed E-state index contributed by atoms with van der Waals surface area (Å²) in [6.07, 6.45) is 6.28. The van der Waals surface area contributed by atoms with E-state index in [4.69, 9.17) is 22.1 Å². The Morgan fingerprint density at radius 2 is 2.12 bits per heavy atom. The van der Waals surface area contributed by atoms with Crippen LogP contribution in [0, 0.1) is 5.92 Å². The highest BCUT2D eigenvalue weighted by atomic mass is 35.5. The summed E-state index contributed by atoms with van der Waals surface area (Å²) < 4.78 is 7.70. The first kappa shape index (κ1) is 22.6. The molecule has 2 atom stereocenters. The molecular weight excluding hydrogens is 450 g/mol. The zero-order chi connectivity index (χ0) is 23.5. The lowest BCUT2D eigenvalue weighted by Crippen LogP contribution is -2.45. The summed E-state index contributed by atoms with van der Waals surface area (Å²) in [7, 11) is 0. The smallest absolute Gasteiger partial charge is 0.158 e. The van der Waals surface area contributed by atoms with Gasteiger partial charge in [0.1, 0.15) is 24.2 Å². The number of piperidine rings is 1. The fourth-order valence-electron chi connectivity index (χ4n) is 4.34. The molecule has 34 heavy (non-hydrogen) atoms. The summed E-state index contributed by atoms with van der Waals surface area (Å²) >= 11 is 6.50. The molecule has 0 amide bonds. The van der Waals surface area contributed by atoms with Crippen molar-refractivity contribution in [3.05, 3.63) is 77.5 Å². The Bertz CT molecular complexity index is 1260. The average molecular weight is 478 g/mol. The van der Waals surface area contributed by atoms with Crippen molar-refractivity contribution in [3.63, 3.8) is 0 Å². The van der Waals surface area contributed by atoms with Gasteiger partial charge in [-0.2, -0.15) is 5.10 Å². The number of nitrogens with one attached hydrogen (secondary N) is 1. The Labute approximate surface area is 203 Å². The van der Waals surface area contributed by atoms with Crippen molar-refractivity contribution in [2.45, 2.75) is 32.5 Å². The minimum Gasteiger partial charge on any atom is -0.486 e. The molecule has 0 bridgehead atoms. The lowest BCUT2D eigenvalue weighted by molar-refractivity contribution is 0.158. The van der Waals surface area contributed by atoms with Crippen molar-refractivity contribution in [2.75, 3.05) is 18.4 Å². The number of aromatic nitrogens is 4. The third-order valence-corrected chi connectivity index (χ3v) is 6.58. The number of anilines is 2. The molecule has 1 aliphatic rings. The van der Waals surface area contributed by atoms with Crippen LogP contribution in [-0.2, 0) is 13.2 Å². The zero-order valence-corrected chi connectivity index (χ0v) is 19.8. The van der Waals surface area contributed by atoms with Gasteiger partial charge in [0, 0.05) is 37.2 Å². The maximum absolute atomic E-state index is 6.50. The number of nitrogens with zero attached hydrogens (tertiary/aromatic N) is 5. The van der Waals surface area contributed by atoms with Crippen LogP contribution in [0.25, 0.3) is 5.52 Å². The quantitative estimate of drug-likeness (QED) is 0.410. The number of nitrogens with two attached hydrogens (primary N) is 1. The molecule has 0 unspecified atom stereocenters. The highest BCUT2D eigenvalue weighted by Gasteiger charge is 2.24. The number of hydrogen-bond acceptors (Lipinski definition) is 7. The minimum absolute atomic E-state index is 0.281. The first-order valence-corrected chi connectivity index (χ1v) is 11.8. The molecule has 3 aromatic heterocycles. The van der Waals surface area contributed by atoms with E-state index in [0.717, 1.165) is 48.8 Å². The van der Waals surface area contributed by atoms with Crippen LogP contribution >= 0.6 is 11.6 Å². The Morgan fingerprint density at radius 3 is 2.91 bits per heavy atom. The van der Waals surface area contributed by atoms with E-state index in [-0.39, 0.29) is 6.04 Å². The number of rotatable bonds is 7. The van der Waals surface area contributed by atoms with Crippen LogP contribution in [-0.4, -0.2) is 43.6 Å². The Hall–Kier alpha value is -3.20. The number of hydrogen-bond donors (Lipinski definition) is 2. The van der Waals surface area contributed by atoms with Gasteiger partial charge in [0.05, 0.1) is 10.7 Å². The SMILES string of the molecule is C[C@@H]1CN(Cc2ccn3ncnc(Nc4ccc(OCc5ccccn5)c(Cl)c4)c23)CC[C@@H]1N. The number of likely N-dealkylation sites (tertiary alicyclic amines) is 1. The lowest BCUT2D eigenvalue weighted by Gasteiger charge is -2.35. The van der Waals surface area contributed by atoms with E-state index < -0.39 is 0 Å². The van der Waals surface area contributed by atoms with Crippen LogP contribution < -0.4 is 15.8 Å². The van der Waals surface area contributed by atoms with E-state index in [9.17, 15) is 0 Å². The molecule has 8 nitrogen and oxygen atoms in total. The van der Waals surface area contributed by atoms with E-state index in [1.165, 1.54) is 5.56 Å². The molecule has 9 heteroatoms. The normalized spacial score (nSPS) is 18.8. The number of benzene rings is 1. The largest absolute Gasteiger partial charge is 0.486 e. The van der Waals surface area contributed by atoms with E-state index >= 15 is 0 Å². The van der Waals surface area contributed by atoms with Crippen molar-refractivity contribution in [3.8, 4) is 5.75 Å². The zero-order valence-electron chi connectivity index (χ0n) is 19.1. The maximum Gasteiger partial charge on any atom is 0.158 e. The number of fused-ring (bicyclic) bond motifs is 1. The van der Waals surface area contributed by atoms with Gasteiger partial charge in [-0.25, -0.2) is 9.50 Å². The van der Waals surface area contributed by atoms with Gasteiger partial charge in [0.15, 0.2) is 5.82 Å². The van der Waals surface area contributed by atoms with Crippen molar-refractivity contribution in [2.24, 2.45) is 11.7 Å². The molecule has 3 N–H and O–H groups in total. The van der Waals surface area contributed by atoms with Gasteiger partial charge < -0.3 is 15.8 Å². The second kappa shape index (κ2) is 9.97. The maximum atomic E-state index is 6.50. The number of ether oxygens (including phenoxy) is 1. The Morgan fingerprint density at radius 1 is 1.21 bits per heavy atom.